The van der Waals surface area contributed by atoms with E-state index in [2.05, 4.69) is 20.6 Å². The second kappa shape index (κ2) is 5.99. The SMILES string of the molecule is Cc1[nH]cnc1-c1cccc(NC(=O)NC2CCCC2)c1. The number of rotatable bonds is 3. The molecule has 1 aromatic heterocycles. The largest absolute Gasteiger partial charge is 0.348 e. The monoisotopic (exact) mass is 284 g/mol. The number of aromatic amines is 1. The van der Waals surface area contributed by atoms with Gasteiger partial charge >= 0.3 is 6.03 Å². The zero-order valence-corrected chi connectivity index (χ0v) is 12.1. The van der Waals surface area contributed by atoms with Crippen molar-refractivity contribution in [1.82, 2.24) is 15.3 Å². The van der Waals surface area contributed by atoms with E-state index in [9.17, 15) is 4.79 Å². The number of imidazole rings is 1. The first-order chi connectivity index (χ1) is 10.2. The average Bonchev–Trinajstić information content (AvgIpc) is 3.10. The highest BCUT2D eigenvalue weighted by atomic mass is 16.2. The molecule has 1 aromatic carbocycles. The topological polar surface area (TPSA) is 69.8 Å². The summed E-state index contributed by atoms with van der Waals surface area (Å²) in [4.78, 5) is 19.4. The first-order valence-corrected chi connectivity index (χ1v) is 7.40. The van der Waals surface area contributed by atoms with Crippen molar-refractivity contribution in [2.24, 2.45) is 0 Å². The van der Waals surface area contributed by atoms with Gasteiger partial charge in [-0.1, -0.05) is 25.0 Å². The van der Waals surface area contributed by atoms with Crippen LogP contribution in [-0.4, -0.2) is 22.0 Å². The number of aromatic nitrogens is 2. The van der Waals surface area contributed by atoms with Crippen molar-refractivity contribution < 1.29 is 4.79 Å². The lowest BCUT2D eigenvalue weighted by molar-refractivity contribution is 0.248. The number of aryl methyl sites for hydroxylation is 1. The summed E-state index contributed by atoms with van der Waals surface area (Å²) < 4.78 is 0. The molecule has 110 valence electrons. The van der Waals surface area contributed by atoms with Crippen LogP contribution in [0.25, 0.3) is 11.3 Å². The van der Waals surface area contributed by atoms with Gasteiger partial charge in [0.15, 0.2) is 0 Å². The second-order valence-electron chi connectivity index (χ2n) is 5.54. The molecule has 1 heterocycles. The van der Waals surface area contributed by atoms with Crippen LogP contribution in [-0.2, 0) is 0 Å². The zero-order valence-electron chi connectivity index (χ0n) is 12.1. The molecule has 5 heteroatoms. The first-order valence-electron chi connectivity index (χ1n) is 7.40. The number of urea groups is 1. The lowest BCUT2D eigenvalue weighted by Gasteiger charge is -2.13. The summed E-state index contributed by atoms with van der Waals surface area (Å²) in [6.07, 6.45) is 6.26. The van der Waals surface area contributed by atoms with E-state index < -0.39 is 0 Å². The Bertz CT molecular complexity index is 629. The molecule has 5 nitrogen and oxygen atoms in total. The molecule has 0 bridgehead atoms. The van der Waals surface area contributed by atoms with Crippen molar-refractivity contribution in [1.29, 1.82) is 0 Å². The standard InChI is InChI=1S/C16H20N4O/c1-11-15(18-10-17-11)12-5-4-8-14(9-12)20-16(21)19-13-6-2-3-7-13/h4-5,8-10,13H,2-3,6-7H2,1H3,(H,17,18)(H2,19,20,21). The normalized spacial score (nSPS) is 15.1. The predicted molar refractivity (Wildman–Crippen MR) is 83.2 cm³/mol. The Morgan fingerprint density at radius 1 is 1.33 bits per heavy atom. The van der Waals surface area contributed by atoms with Gasteiger partial charge in [0.25, 0.3) is 0 Å². The fraction of sp³-hybridized carbons (Fsp3) is 0.375. The summed E-state index contributed by atoms with van der Waals surface area (Å²) in [5, 5.41) is 5.92. The molecule has 0 radical (unpaired) electrons. The van der Waals surface area contributed by atoms with E-state index in [1.165, 1.54) is 12.8 Å². The third kappa shape index (κ3) is 3.24. The molecular formula is C16H20N4O. The third-order valence-electron chi connectivity index (χ3n) is 3.91. The van der Waals surface area contributed by atoms with Crippen LogP contribution in [0.4, 0.5) is 10.5 Å². The number of benzene rings is 1. The Kier molecular flexibility index (Phi) is 3.90. The summed E-state index contributed by atoms with van der Waals surface area (Å²) in [7, 11) is 0. The van der Waals surface area contributed by atoms with Crippen LogP contribution in [0.2, 0.25) is 0 Å². The molecule has 0 atom stereocenters. The van der Waals surface area contributed by atoms with Gasteiger partial charge in [0.2, 0.25) is 0 Å². The molecule has 0 aliphatic heterocycles. The molecule has 2 aromatic rings. The van der Waals surface area contributed by atoms with Crippen molar-refractivity contribution in [2.75, 3.05) is 5.32 Å². The number of nitrogens with one attached hydrogen (secondary N) is 3. The Balaban J connectivity index is 1.68. The van der Waals surface area contributed by atoms with Crippen LogP contribution in [0.5, 0.6) is 0 Å². The number of carbonyl (C=O) groups excluding carboxylic acids is 1. The van der Waals surface area contributed by atoms with Crippen molar-refractivity contribution in [3.05, 3.63) is 36.3 Å². The summed E-state index contributed by atoms with van der Waals surface area (Å²) in [6, 6.07) is 7.94. The number of anilines is 1. The van der Waals surface area contributed by atoms with Crippen LogP contribution < -0.4 is 10.6 Å². The van der Waals surface area contributed by atoms with Gasteiger partial charge in [0.05, 0.1) is 12.0 Å². The van der Waals surface area contributed by atoms with E-state index in [0.717, 1.165) is 35.5 Å². The van der Waals surface area contributed by atoms with E-state index in [-0.39, 0.29) is 6.03 Å². The minimum absolute atomic E-state index is 0.127. The Hall–Kier alpha value is -2.30. The van der Waals surface area contributed by atoms with Crippen LogP contribution in [0.1, 0.15) is 31.4 Å². The number of nitrogens with zero attached hydrogens (tertiary/aromatic N) is 1. The summed E-state index contributed by atoms with van der Waals surface area (Å²) in [5.74, 6) is 0. The van der Waals surface area contributed by atoms with Crippen molar-refractivity contribution in [3.8, 4) is 11.3 Å². The quantitative estimate of drug-likeness (QED) is 0.808. The van der Waals surface area contributed by atoms with E-state index in [4.69, 9.17) is 0 Å². The molecule has 3 rings (SSSR count). The maximum absolute atomic E-state index is 12.0. The van der Waals surface area contributed by atoms with Crippen molar-refractivity contribution in [3.63, 3.8) is 0 Å². The van der Waals surface area contributed by atoms with E-state index >= 15 is 0 Å². The average molecular weight is 284 g/mol. The molecule has 0 spiro atoms. The van der Waals surface area contributed by atoms with E-state index in [1.54, 1.807) is 6.33 Å². The molecule has 0 saturated heterocycles. The fourth-order valence-corrected chi connectivity index (χ4v) is 2.82. The minimum Gasteiger partial charge on any atom is -0.348 e. The van der Waals surface area contributed by atoms with Gasteiger partial charge in [-0.25, -0.2) is 9.78 Å². The summed E-state index contributed by atoms with van der Waals surface area (Å²) in [5.41, 5.74) is 3.70. The van der Waals surface area contributed by atoms with Gasteiger partial charge in [-0.05, 0) is 31.9 Å². The highest BCUT2D eigenvalue weighted by molar-refractivity contribution is 5.90. The van der Waals surface area contributed by atoms with Crippen LogP contribution >= 0.6 is 0 Å². The number of hydrogen-bond acceptors (Lipinski definition) is 2. The van der Waals surface area contributed by atoms with Crippen molar-refractivity contribution in [2.45, 2.75) is 38.6 Å². The molecule has 21 heavy (non-hydrogen) atoms. The fourth-order valence-electron chi connectivity index (χ4n) is 2.82. The molecule has 1 aliphatic carbocycles. The maximum Gasteiger partial charge on any atom is 0.319 e. The zero-order chi connectivity index (χ0) is 14.7. The molecular weight excluding hydrogens is 264 g/mol. The summed E-state index contributed by atoms with van der Waals surface area (Å²) >= 11 is 0. The van der Waals surface area contributed by atoms with Gasteiger partial charge in [0.1, 0.15) is 0 Å². The van der Waals surface area contributed by atoms with Gasteiger partial charge in [-0.15, -0.1) is 0 Å². The van der Waals surface area contributed by atoms with Crippen LogP contribution in [0.15, 0.2) is 30.6 Å². The van der Waals surface area contributed by atoms with Gasteiger partial charge in [-0.2, -0.15) is 0 Å². The lowest BCUT2D eigenvalue weighted by Crippen LogP contribution is -2.36. The van der Waals surface area contributed by atoms with Crippen LogP contribution in [0.3, 0.4) is 0 Å². The number of amides is 2. The van der Waals surface area contributed by atoms with Gasteiger partial charge in [-0.3, -0.25) is 0 Å². The number of hydrogen-bond donors (Lipinski definition) is 3. The Morgan fingerprint density at radius 3 is 2.86 bits per heavy atom. The lowest BCUT2D eigenvalue weighted by atomic mass is 10.1. The molecule has 2 amide bonds. The summed E-state index contributed by atoms with van der Waals surface area (Å²) in [6.45, 7) is 1.98. The molecule has 1 saturated carbocycles. The second-order valence-corrected chi connectivity index (χ2v) is 5.54. The van der Waals surface area contributed by atoms with Gasteiger partial charge < -0.3 is 15.6 Å². The number of H-pyrrole nitrogens is 1. The Labute approximate surface area is 124 Å². The van der Waals surface area contributed by atoms with E-state index in [1.807, 2.05) is 31.2 Å². The third-order valence-corrected chi connectivity index (χ3v) is 3.91. The minimum atomic E-state index is -0.127. The molecule has 0 unspecified atom stereocenters. The molecule has 1 aliphatic rings. The maximum atomic E-state index is 12.0. The molecule has 1 fully saturated rings. The predicted octanol–water partition coefficient (Wildman–Crippen LogP) is 3.45. The smallest absolute Gasteiger partial charge is 0.319 e. The van der Waals surface area contributed by atoms with Crippen LogP contribution in [0, 0.1) is 6.92 Å². The first kappa shape index (κ1) is 13.7. The highest BCUT2D eigenvalue weighted by Gasteiger charge is 2.17. The van der Waals surface area contributed by atoms with E-state index in [0.29, 0.717) is 6.04 Å². The van der Waals surface area contributed by atoms with Gasteiger partial charge in [0, 0.05) is 23.0 Å². The Morgan fingerprint density at radius 2 is 2.14 bits per heavy atom. The number of carbonyl (C=O) groups is 1. The van der Waals surface area contributed by atoms with Crippen molar-refractivity contribution >= 4 is 11.7 Å². The molecule has 3 N–H and O–H groups in total. The highest BCUT2D eigenvalue weighted by Crippen LogP contribution is 2.23.